The van der Waals surface area contributed by atoms with E-state index in [2.05, 4.69) is 5.10 Å². The van der Waals surface area contributed by atoms with Crippen molar-refractivity contribution in [2.24, 2.45) is 0 Å². The van der Waals surface area contributed by atoms with E-state index < -0.39 is 5.97 Å². The molecule has 2 aromatic rings. The summed E-state index contributed by atoms with van der Waals surface area (Å²) >= 11 is 0. The summed E-state index contributed by atoms with van der Waals surface area (Å²) in [7, 11) is 1.56. The maximum Gasteiger partial charge on any atom is 0.328 e. The zero-order chi connectivity index (χ0) is 16.1. The Kier molecular flexibility index (Phi) is 4.73. The lowest BCUT2D eigenvalue weighted by Gasteiger charge is -2.10. The highest BCUT2D eigenvalue weighted by molar-refractivity contribution is 5.85. The molecule has 6 nitrogen and oxygen atoms in total. The third-order valence-electron chi connectivity index (χ3n) is 3.09. The van der Waals surface area contributed by atoms with E-state index in [4.69, 9.17) is 9.84 Å². The van der Waals surface area contributed by atoms with E-state index in [-0.39, 0.29) is 11.1 Å². The zero-order valence-corrected chi connectivity index (χ0v) is 12.3. The summed E-state index contributed by atoms with van der Waals surface area (Å²) in [6, 6.07) is 8.87. The predicted molar refractivity (Wildman–Crippen MR) is 82.8 cm³/mol. The van der Waals surface area contributed by atoms with Crippen LogP contribution in [0.15, 0.2) is 41.2 Å². The van der Waals surface area contributed by atoms with Crippen molar-refractivity contribution in [1.29, 1.82) is 0 Å². The first-order chi connectivity index (χ1) is 10.6. The molecule has 0 saturated carbocycles. The number of para-hydroxylation sites is 1. The lowest BCUT2D eigenvalue weighted by molar-refractivity contribution is -0.131. The van der Waals surface area contributed by atoms with E-state index in [0.717, 1.165) is 11.6 Å². The van der Waals surface area contributed by atoms with Crippen molar-refractivity contribution in [2.45, 2.75) is 13.5 Å². The van der Waals surface area contributed by atoms with Crippen molar-refractivity contribution < 1.29 is 14.6 Å². The van der Waals surface area contributed by atoms with Crippen LogP contribution in [0.5, 0.6) is 5.75 Å². The molecule has 0 atom stereocenters. The maximum absolute atomic E-state index is 12.2. The minimum Gasteiger partial charge on any atom is -0.496 e. The molecule has 1 N–H and O–H groups in total. The van der Waals surface area contributed by atoms with E-state index in [1.54, 1.807) is 26.2 Å². The van der Waals surface area contributed by atoms with Crippen LogP contribution in [0.4, 0.5) is 0 Å². The Labute approximate surface area is 127 Å². The van der Waals surface area contributed by atoms with Crippen molar-refractivity contribution in [3.63, 3.8) is 0 Å². The topological polar surface area (TPSA) is 81.4 Å². The summed E-state index contributed by atoms with van der Waals surface area (Å²) in [5, 5.41) is 13.0. The molecule has 1 aromatic carbocycles. The van der Waals surface area contributed by atoms with Crippen LogP contribution in [0, 0.1) is 0 Å². The highest BCUT2D eigenvalue weighted by Gasteiger charge is 2.11. The number of benzene rings is 1. The molecule has 6 heteroatoms. The number of rotatable bonds is 5. The van der Waals surface area contributed by atoms with Gasteiger partial charge in [-0.25, -0.2) is 9.48 Å². The molecule has 1 aromatic heterocycles. The van der Waals surface area contributed by atoms with Gasteiger partial charge < -0.3 is 9.84 Å². The molecule has 0 aliphatic heterocycles. The van der Waals surface area contributed by atoms with E-state index in [1.807, 2.05) is 18.2 Å². The van der Waals surface area contributed by atoms with Crippen molar-refractivity contribution >= 4 is 12.0 Å². The van der Waals surface area contributed by atoms with Gasteiger partial charge in [-0.15, -0.1) is 0 Å². The number of aromatic nitrogens is 2. The molecule has 22 heavy (non-hydrogen) atoms. The third-order valence-corrected chi connectivity index (χ3v) is 3.09. The van der Waals surface area contributed by atoms with Gasteiger partial charge in [-0.3, -0.25) is 4.79 Å². The van der Waals surface area contributed by atoms with Crippen LogP contribution in [-0.4, -0.2) is 28.0 Å². The van der Waals surface area contributed by atoms with E-state index in [0.29, 0.717) is 18.0 Å². The van der Waals surface area contributed by atoms with Crippen molar-refractivity contribution in [3.05, 3.63) is 52.3 Å². The fraction of sp³-hybridized carbons (Fsp3) is 0.188. The number of hydrogen-bond donors (Lipinski definition) is 1. The summed E-state index contributed by atoms with van der Waals surface area (Å²) in [4.78, 5) is 22.8. The molecule has 2 rings (SSSR count). The average Bonchev–Trinajstić information content (AvgIpc) is 2.53. The Morgan fingerprint density at radius 2 is 2.14 bits per heavy atom. The number of ether oxygens (including phenoxy) is 1. The SMILES string of the molecule is CCn1nc(-c2ccccc2OC)cc(/C=C/C(=O)O)c1=O. The molecule has 1 heterocycles. The number of hydrogen-bond acceptors (Lipinski definition) is 4. The van der Waals surface area contributed by atoms with Crippen molar-refractivity contribution in [2.75, 3.05) is 7.11 Å². The van der Waals surface area contributed by atoms with Gasteiger partial charge in [-0.05, 0) is 31.2 Å². The number of methoxy groups -OCH3 is 1. The number of carbonyl (C=O) groups is 1. The highest BCUT2D eigenvalue weighted by atomic mass is 16.5. The fourth-order valence-electron chi connectivity index (χ4n) is 2.05. The summed E-state index contributed by atoms with van der Waals surface area (Å²) in [5.41, 5.74) is 1.21. The van der Waals surface area contributed by atoms with Crippen molar-refractivity contribution in [3.8, 4) is 17.0 Å². The van der Waals surface area contributed by atoms with Crippen LogP contribution in [0.25, 0.3) is 17.3 Å². The molecule has 0 radical (unpaired) electrons. The second kappa shape index (κ2) is 6.71. The average molecular weight is 300 g/mol. The number of carboxylic acids is 1. The van der Waals surface area contributed by atoms with Crippen molar-refractivity contribution in [1.82, 2.24) is 9.78 Å². The molecular formula is C16H16N2O4. The third kappa shape index (κ3) is 3.22. The first kappa shape index (κ1) is 15.5. The van der Waals surface area contributed by atoms with Crippen LogP contribution < -0.4 is 10.3 Å². The number of nitrogens with zero attached hydrogens (tertiary/aromatic N) is 2. The molecule has 114 valence electrons. The Morgan fingerprint density at radius 1 is 1.41 bits per heavy atom. The molecule has 0 unspecified atom stereocenters. The minimum absolute atomic E-state index is 0.264. The largest absolute Gasteiger partial charge is 0.496 e. The number of aryl methyl sites for hydroxylation is 1. The summed E-state index contributed by atoms with van der Waals surface area (Å²) in [6.45, 7) is 2.18. The van der Waals surface area contributed by atoms with Gasteiger partial charge in [0.1, 0.15) is 5.75 Å². The lowest BCUT2D eigenvalue weighted by Crippen LogP contribution is -2.24. The van der Waals surface area contributed by atoms with Crippen LogP contribution in [-0.2, 0) is 11.3 Å². The fourth-order valence-corrected chi connectivity index (χ4v) is 2.05. The second-order valence-electron chi connectivity index (χ2n) is 4.48. The minimum atomic E-state index is -1.11. The first-order valence-corrected chi connectivity index (χ1v) is 6.73. The van der Waals surface area contributed by atoms with Gasteiger partial charge in [0.05, 0.1) is 12.8 Å². The summed E-state index contributed by atoms with van der Waals surface area (Å²) < 4.78 is 6.60. The van der Waals surface area contributed by atoms with Gasteiger partial charge in [-0.2, -0.15) is 5.10 Å². The van der Waals surface area contributed by atoms with Crippen LogP contribution in [0.3, 0.4) is 0 Å². The molecule has 0 fully saturated rings. The van der Waals surface area contributed by atoms with Gasteiger partial charge in [-0.1, -0.05) is 12.1 Å². The number of carboxylic acid groups (broad SMARTS) is 1. The molecule has 0 aliphatic rings. The first-order valence-electron chi connectivity index (χ1n) is 6.73. The zero-order valence-electron chi connectivity index (χ0n) is 12.3. The van der Waals surface area contributed by atoms with Crippen LogP contribution >= 0.6 is 0 Å². The van der Waals surface area contributed by atoms with Gasteiger partial charge >= 0.3 is 5.97 Å². The standard InChI is InChI=1S/C16H16N2O4/c1-3-18-16(21)11(8-9-15(19)20)10-13(17-18)12-6-4-5-7-14(12)22-2/h4-10H,3H2,1-2H3,(H,19,20)/b9-8+. The molecule has 0 spiro atoms. The normalized spacial score (nSPS) is 10.8. The second-order valence-corrected chi connectivity index (χ2v) is 4.48. The molecule has 0 aliphatic carbocycles. The quantitative estimate of drug-likeness (QED) is 0.854. The Morgan fingerprint density at radius 3 is 2.77 bits per heavy atom. The van der Waals surface area contributed by atoms with Crippen LogP contribution in [0.2, 0.25) is 0 Å². The molecule has 0 amide bonds. The van der Waals surface area contributed by atoms with E-state index in [1.165, 1.54) is 10.8 Å². The van der Waals surface area contributed by atoms with Crippen LogP contribution in [0.1, 0.15) is 12.5 Å². The van der Waals surface area contributed by atoms with Gasteiger partial charge in [0, 0.05) is 23.7 Å². The summed E-state index contributed by atoms with van der Waals surface area (Å²) in [5.74, 6) is -0.484. The highest BCUT2D eigenvalue weighted by Crippen LogP contribution is 2.27. The Balaban J connectivity index is 2.64. The molecular weight excluding hydrogens is 284 g/mol. The van der Waals surface area contributed by atoms with E-state index >= 15 is 0 Å². The molecule has 0 saturated heterocycles. The maximum atomic E-state index is 12.2. The number of aliphatic carboxylic acids is 1. The van der Waals surface area contributed by atoms with Gasteiger partial charge in [0.15, 0.2) is 0 Å². The van der Waals surface area contributed by atoms with Gasteiger partial charge in [0.2, 0.25) is 0 Å². The van der Waals surface area contributed by atoms with Gasteiger partial charge in [0.25, 0.3) is 5.56 Å². The Hall–Kier alpha value is -2.89. The monoisotopic (exact) mass is 300 g/mol. The van der Waals surface area contributed by atoms with E-state index in [9.17, 15) is 9.59 Å². The Bertz CT molecular complexity index is 778. The predicted octanol–water partition coefficient (Wildman–Crippen LogP) is 2.04. The lowest BCUT2D eigenvalue weighted by atomic mass is 10.1. The summed E-state index contributed by atoms with van der Waals surface area (Å²) in [6.07, 6.45) is 2.21. The molecule has 0 bridgehead atoms. The smallest absolute Gasteiger partial charge is 0.328 e.